The van der Waals surface area contributed by atoms with Gasteiger partial charge in [-0.1, -0.05) is 25.1 Å². The summed E-state index contributed by atoms with van der Waals surface area (Å²) in [5, 5.41) is 10.2. The topological polar surface area (TPSA) is 45.5 Å². The number of nitrogens with zero attached hydrogens (tertiary/aromatic N) is 2. The van der Waals surface area contributed by atoms with Crippen LogP contribution >= 0.6 is 0 Å². The van der Waals surface area contributed by atoms with E-state index in [4.69, 9.17) is 5.11 Å². The lowest BCUT2D eigenvalue weighted by atomic mass is 10.1. The molecule has 0 amide bonds. The zero-order valence-electron chi connectivity index (χ0n) is 13.0. The predicted octanol–water partition coefficient (Wildman–Crippen LogP) is 3.35. The Morgan fingerprint density at radius 3 is 2.67 bits per heavy atom. The monoisotopic (exact) mass is 288 g/mol. The first-order valence-corrected chi connectivity index (χ1v) is 7.59. The van der Waals surface area contributed by atoms with Gasteiger partial charge in [0.05, 0.1) is 6.42 Å². The molecule has 0 aliphatic rings. The molecule has 0 spiro atoms. The molecule has 0 fully saturated rings. The van der Waals surface area contributed by atoms with Gasteiger partial charge in [0.25, 0.3) is 0 Å². The zero-order chi connectivity index (χ0) is 15.4. The van der Waals surface area contributed by atoms with Gasteiger partial charge in [0, 0.05) is 36.2 Å². The molecule has 0 saturated carbocycles. The molecule has 1 aromatic heterocycles. The van der Waals surface area contributed by atoms with Gasteiger partial charge in [0.1, 0.15) is 0 Å². The number of aliphatic carboxylic acids is 1. The SMILES string of the molecule is CCN(Cc1cn(CC)c2ccccc12)C(C)CC(=O)O. The molecule has 0 radical (unpaired) electrons. The second-order valence-corrected chi connectivity index (χ2v) is 5.47. The van der Waals surface area contributed by atoms with E-state index in [0.29, 0.717) is 0 Å². The van der Waals surface area contributed by atoms with Gasteiger partial charge in [-0.3, -0.25) is 9.69 Å². The average molecular weight is 288 g/mol. The van der Waals surface area contributed by atoms with Crippen LogP contribution in [-0.2, 0) is 17.9 Å². The van der Waals surface area contributed by atoms with Crippen molar-refractivity contribution < 1.29 is 9.90 Å². The van der Waals surface area contributed by atoms with Crippen LogP contribution in [0.2, 0.25) is 0 Å². The van der Waals surface area contributed by atoms with Crippen LogP contribution in [-0.4, -0.2) is 33.1 Å². The van der Waals surface area contributed by atoms with Crippen LogP contribution in [0.1, 0.15) is 32.8 Å². The summed E-state index contributed by atoms with van der Waals surface area (Å²) < 4.78 is 2.25. The van der Waals surface area contributed by atoms with E-state index in [-0.39, 0.29) is 12.5 Å². The highest BCUT2D eigenvalue weighted by molar-refractivity contribution is 5.83. The molecule has 2 aromatic rings. The second-order valence-electron chi connectivity index (χ2n) is 5.47. The first kappa shape index (κ1) is 15.6. The van der Waals surface area contributed by atoms with E-state index in [2.05, 4.69) is 53.8 Å². The molecule has 1 N–H and O–H groups in total. The summed E-state index contributed by atoms with van der Waals surface area (Å²) in [5.74, 6) is -0.739. The maximum atomic E-state index is 10.9. The van der Waals surface area contributed by atoms with Crippen LogP contribution in [0.15, 0.2) is 30.5 Å². The van der Waals surface area contributed by atoms with E-state index in [1.165, 1.54) is 16.5 Å². The molecular formula is C17H24N2O2. The summed E-state index contributed by atoms with van der Waals surface area (Å²) in [5.41, 5.74) is 2.52. The number of fused-ring (bicyclic) bond motifs is 1. The highest BCUT2D eigenvalue weighted by Crippen LogP contribution is 2.23. The molecule has 4 nitrogen and oxygen atoms in total. The van der Waals surface area contributed by atoms with Crippen molar-refractivity contribution in [1.29, 1.82) is 0 Å². The number of aromatic nitrogens is 1. The van der Waals surface area contributed by atoms with E-state index in [9.17, 15) is 4.79 Å². The van der Waals surface area contributed by atoms with Crippen LogP contribution in [0.5, 0.6) is 0 Å². The summed E-state index contributed by atoms with van der Waals surface area (Å²) in [6.45, 7) is 8.78. The maximum absolute atomic E-state index is 10.9. The van der Waals surface area contributed by atoms with Gasteiger partial charge in [-0.05, 0) is 32.0 Å². The third kappa shape index (κ3) is 3.45. The molecule has 1 atom stereocenters. The normalized spacial score (nSPS) is 13.0. The molecule has 2 rings (SSSR count). The first-order valence-electron chi connectivity index (χ1n) is 7.59. The van der Waals surface area contributed by atoms with Crippen molar-refractivity contribution in [2.75, 3.05) is 6.54 Å². The van der Waals surface area contributed by atoms with Crippen molar-refractivity contribution in [3.8, 4) is 0 Å². The van der Waals surface area contributed by atoms with Crippen LogP contribution in [0.4, 0.5) is 0 Å². The fourth-order valence-corrected chi connectivity index (χ4v) is 2.89. The van der Waals surface area contributed by atoms with Crippen molar-refractivity contribution in [2.45, 2.75) is 46.3 Å². The maximum Gasteiger partial charge on any atom is 0.304 e. The van der Waals surface area contributed by atoms with Crippen molar-refractivity contribution in [2.24, 2.45) is 0 Å². The number of aryl methyl sites for hydroxylation is 1. The van der Waals surface area contributed by atoms with Crippen molar-refractivity contribution >= 4 is 16.9 Å². The molecule has 114 valence electrons. The van der Waals surface area contributed by atoms with Crippen LogP contribution in [0, 0.1) is 0 Å². The molecule has 0 aliphatic heterocycles. The summed E-state index contributed by atoms with van der Waals surface area (Å²) in [6.07, 6.45) is 2.38. The molecule has 0 bridgehead atoms. The van der Waals surface area contributed by atoms with E-state index >= 15 is 0 Å². The Kier molecular flexibility index (Phi) is 5.02. The van der Waals surface area contributed by atoms with Gasteiger partial charge >= 0.3 is 5.97 Å². The lowest BCUT2D eigenvalue weighted by molar-refractivity contribution is -0.138. The molecule has 1 aromatic carbocycles. The minimum atomic E-state index is -0.739. The smallest absolute Gasteiger partial charge is 0.304 e. The third-order valence-corrected chi connectivity index (χ3v) is 4.08. The van der Waals surface area contributed by atoms with Crippen molar-refractivity contribution in [1.82, 2.24) is 9.47 Å². The number of rotatable bonds is 7. The highest BCUT2D eigenvalue weighted by Gasteiger charge is 2.17. The van der Waals surface area contributed by atoms with Gasteiger partial charge in [0.2, 0.25) is 0 Å². The molecule has 4 heteroatoms. The Labute approximate surface area is 126 Å². The first-order chi connectivity index (χ1) is 10.1. The molecule has 1 unspecified atom stereocenters. The Morgan fingerprint density at radius 2 is 2.05 bits per heavy atom. The van der Waals surface area contributed by atoms with Gasteiger partial charge < -0.3 is 9.67 Å². The highest BCUT2D eigenvalue weighted by atomic mass is 16.4. The molecule has 21 heavy (non-hydrogen) atoms. The summed E-state index contributed by atoms with van der Waals surface area (Å²) in [7, 11) is 0. The minimum absolute atomic E-state index is 0.0382. The number of carboxylic acids is 1. The summed E-state index contributed by atoms with van der Waals surface area (Å²) >= 11 is 0. The van der Waals surface area contributed by atoms with Crippen LogP contribution in [0.25, 0.3) is 10.9 Å². The quantitative estimate of drug-likeness (QED) is 0.850. The fourth-order valence-electron chi connectivity index (χ4n) is 2.89. The lowest BCUT2D eigenvalue weighted by Gasteiger charge is -2.26. The number of benzene rings is 1. The number of hydrogen-bond donors (Lipinski definition) is 1. The van der Waals surface area contributed by atoms with E-state index in [1.54, 1.807) is 0 Å². The number of carboxylic acid groups (broad SMARTS) is 1. The van der Waals surface area contributed by atoms with E-state index < -0.39 is 5.97 Å². The zero-order valence-corrected chi connectivity index (χ0v) is 13.0. The standard InChI is InChI=1S/C17H24N2O2/c1-4-18(13(3)10-17(20)21)11-14-12-19(5-2)16-9-7-6-8-15(14)16/h6-9,12-13H,4-5,10-11H2,1-3H3,(H,20,21). The van der Waals surface area contributed by atoms with Crippen LogP contribution in [0.3, 0.4) is 0 Å². The van der Waals surface area contributed by atoms with E-state index in [0.717, 1.165) is 19.6 Å². The Balaban J connectivity index is 2.27. The number of para-hydroxylation sites is 1. The van der Waals surface area contributed by atoms with Crippen molar-refractivity contribution in [3.63, 3.8) is 0 Å². The lowest BCUT2D eigenvalue weighted by Crippen LogP contribution is -2.34. The molecule has 0 aliphatic carbocycles. The second kappa shape index (κ2) is 6.76. The molecule has 1 heterocycles. The Bertz CT molecular complexity index is 618. The third-order valence-electron chi connectivity index (χ3n) is 4.08. The Morgan fingerprint density at radius 1 is 1.33 bits per heavy atom. The number of hydrogen-bond acceptors (Lipinski definition) is 2. The minimum Gasteiger partial charge on any atom is -0.481 e. The molecule has 0 saturated heterocycles. The van der Waals surface area contributed by atoms with E-state index in [1.807, 2.05) is 6.92 Å². The predicted molar refractivity (Wildman–Crippen MR) is 85.4 cm³/mol. The largest absolute Gasteiger partial charge is 0.481 e. The average Bonchev–Trinajstić information content (AvgIpc) is 2.82. The van der Waals surface area contributed by atoms with Gasteiger partial charge in [-0.25, -0.2) is 0 Å². The fraction of sp³-hybridized carbons (Fsp3) is 0.471. The summed E-state index contributed by atoms with van der Waals surface area (Å²) in [6, 6.07) is 8.44. The number of carbonyl (C=O) groups is 1. The van der Waals surface area contributed by atoms with Gasteiger partial charge in [-0.2, -0.15) is 0 Å². The van der Waals surface area contributed by atoms with Gasteiger partial charge in [-0.15, -0.1) is 0 Å². The van der Waals surface area contributed by atoms with Crippen molar-refractivity contribution in [3.05, 3.63) is 36.0 Å². The summed E-state index contributed by atoms with van der Waals surface area (Å²) in [4.78, 5) is 13.1. The van der Waals surface area contributed by atoms with Crippen LogP contribution < -0.4 is 0 Å². The molecular weight excluding hydrogens is 264 g/mol. The van der Waals surface area contributed by atoms with Gasteiger partial charge in [0.15, 0.2) is 0 Å². The Hall–Kier alpha value is -1.81.